The summed E-state index contributed by atoms with van der Waals surface area (Å²) in [5.74, 6) is -0.538. The van der Waals surface area contributed by atoms with Crippen molar-refractivity contribution in [3.63, 3.8) is 0 Å². The number of aromatic nitrogens is 1. The van der Waals surface area contributed by atoms with Gasteiger partial charge in [0.1, 0.15) is 4.88 Å². The maximum atomic E-state index is 12.8. The fourth-order valence-corrected chi connectivity index (χ4v) is 3.97. The van der Waals surface area contributed by atoms with E-state index in [1.807, 2.05) is 6.92 Å². The molecule has 1 fully saturated rings. The molecule has 0 spiro atoms. The summed E-state index contributed by atoms with van der Waals surface area (Å²) in [6, 6.07) is 0.140. The van der Waals surface area contributed by atoms with Gasteiger partial charge in [-0.05, 0) is 32.6 Å². The number of hydrogen-bond acceptors (Lipinski definition) is 4. The minimum Gasteiger partial charge on any atom is -0.368 e. The van der Waals surface area contributed by atoms with Crippen molar-refractivity contribution in [3.8, 4) is 0 Å². The molecule has 1 aliphatic carbocycles. The van der Waals surface area contributed by atoms with Crippen LogP contribution in [-0.2, 0) is 11.2 Å². The van der Waals surface area contributed by atoms with Gasteiger partial charge < -0.3 is 10.6 Å². The summed E-state index contributed by atoms with van der Waals surface area (Å²) >= 11 is 1.45. The second-order valence-corrected chi connectivity index (χ2v) is 6.69. The van der Waals surface area contributed by atoms with Gasteiger partial charge in [-0.2, -0.15) is 0 Å². The third kappa shape index (κ3) is 3.81. The predicted molar refractivity (Wildman–Crippen MR) is 83.3 cm³/mol. The molecule has 0 aromatic carbocycles. The van der Waals surface area contributed by atoms with Gasteiger partial charge in [-0.25, -0.2) is 4.98 Å². The van der Waals surface area contributed by atoms with E-state index in [1.54, 1.807) is 4.90 Å². The van der Waals surface area contributed by atoms with Crippen LogP contribution in [-0.4, -0.2) is 34.3 Å². The minimum absolute atomic E-state index is 0.00392. The number of nitrogens with two attached hydrogens (primary N) is 1. The van der Waals surface area contributed by atoms with Crippen molar-refractivity contribution < 1.29 is 9.59 Å². The Morgan fingerprint density at radius 2 is 2.05 bits per heavy atom. The Kier molecular flexibility index (Phi) is 5.33. The molecule has 1 heterocycles. The highest BCUT2D eigenvalue weighted by Crippen LogP contribution is 2.27. The molecule has 2 rings (SSSR count). The van der Waals surface area contributed by atoms with Crippen LogP contribution in [0.15, 0.2) is 0 Å². The third-order valence-electron chi connectivity index (χ3n) is 3.85. The Morgan fingerprint density at radius 3 is 2.62 bits per heavy atom. The van der Waals surface area contributed by atoms with Crippen LogP contribution in [0.3, 0.4) is 0 Å². The summed E-state index contributed by atoms with van der Waals surface area (Å²) in [6.45, 7) is 3.96. The zero-order valence-corrected chi connectivity index (χ0v) is 13.5. The Morgan fingerprint density at radius 1 is 1.38 bits per heavy atom. The molecule has 5 nitrogen and oxygen atoms in total. The number of rotatable bonds is 6. The van der Waals surface area contributed by atoms with Gasteiger partial charge in [-0.15, -0.1) is 11.3 Å². The first-order valence-corrected chi connectivity index (χ1v) is 8.40. The largest absolute Gasteiger partial charge is 0.368 e. The van der Waals surface area contributed by atoms with Crippen LogP contribution in [0.2, 0.25) is 0 Å². The minimum atomic E-state index is -0.453. The molecular formula is C15H23N3O2S. The van der Waals surface area contributed by atoms with E-state index in [0.717, 1.165) is 49.2 Å². The smallest absolute Gasteiger partial charge is 0.266 e. The van der Waals surface area contributed by atoms with Gasteiger partial charge in [0.15, 0.2) is 0 Å². The first-order valence-electron chi connectivity index (χ1n) is 7.58. The Labute approximate surface area is 129 Å². The van der Waals surface area contributed by atoms with Crippen molar-refractivity contribution in [1.29, 1.82) is 0 Å². The lowest BCUT2D eigenvalue weighted by Crippen LogP contribution is -2.44. The summed E-state index contributed by atoms with van der Waals surface area (Å²) in [5, 5.41) is 0.990. The molecule has 116 valence electrons. The molecule has 1 aromatic rings. The molecule has 0 saturated heterocycles. The van der Waals surface area contributed by atoms with Crippen LogP contribution in [0, 0.1) is 6.92 Å². The topological polar surface area (TPSA) is 76.3 Å². The number of carbonyl (C=O) groups is 2. The molecule has 0 radical (unpaired) electrons. The lowest BCUT2D eigenvalue weighted by atomic mass is 10.2. The van der Waals surface area contributed by atoms with Gasteiger partial charge in [-0.3, -0.25) is 9.59 Å². The molecule has 2 amide bonds. The van der Waals surface area contributed by atoms with Crippen molar-refractivity contribution in [1.82, 2.24) is 9.88 Å². The van der Waals surface area contributed by atoms with Gasteiger partial charge in [0.25, 0.3) is 5.91 Å². The van der Waals surface area contributed by atoms with Crippen LogP contribution < -0.4 is 5.73 Å². The summed E-state index contributed by atoms with van der Waals surface area (Å²) in [4.78, 5) is 30.9. The van der Waals surface area contributed by atoms with Crippen molar-refractivity contribution >= 4 is 23.2 Å². The normalized spacial score (nSPS) is 15.3. The van der Waals surface area contributed by atoms with Crippen LogP contribution in [0.4, 0.5) is 0 Å². The van der Waals surface area contributed by atoms with Crippen molar-refractivity contribution in [3.05, 3.63) is 15.6 Å². The van der Waals surface area contributed by atoms with E-state index in [9.17, 15) is 9.59 Å². The standard InChI is InChI=1S/C15H23N3O2S/c1-3-6-13-17-10(2)14(21-13)15(20)18(9-12(16)19)11-7-4-5-8-11/h11H,3-9H2,1-2H3,(H2,16,19). The lowest BCUT2D eigenvalue weighted by molar-refractivity contribution is -0.119. The van der Waals surface area contributed by atoms with E-state index in [2.05, 4.69) is 11.9 Å². The maximum Gasteiger partial charge on any atom is 0.266 e. The summed E-state index contributed by atoms with van der Waals surface area (Å²) in [5.41, 5.74) is 6.09. The van der Waals surface area contributed by atoms with Crippen LogP contribution in [0.25, 0.3) is 0 Å². The number of primary amides is 1. The lowest BCUT2D eigenvalue weighted by Gasteiger charge is -2.27. The molecule has 1 aliphatic rings. The third-order valence-corrected chi connectivity index (χ3v) is 5.06. The zero-order chi connectivity index (χ0) is 15.4. The highest BCUT2D eigenvalue weighted by molar-refractivity contribution is 7.13. The van der Waals surface area contributed by atoms with E-state index in [0.29, 0.717) is 4.88 Å². The summed E-state index contributed by atoms with van der Waals surface area (Å²) in [6.07, 6.45) is 6.02. The van der Waals surface area contributed by atoms with Gasteiger partial charge in [0, 0.05) is 6.04 Å². The summed E-state index contributed by atoms with van der Waals surface area (Å²) < 4.78 is 0. The SMILES string of the molecule is CCCc1nc(C)c(C(=O)N(CC(N)=O)C2CCCC2)s1. The quantitative estimate of drug-likeness (QED) is 0.875. The van der Waals surface area contributed by atoms with E-state index >= 15 is 0 Å². The number of nitrogens with zero attached hydrogens (tertiary/aromatic N) is 2. The highest BCUT2D eigenvalue weighted by Gasteiger charge is 2.30. The van der Waals surface area contributed by atoms with E-state index < -0.39 is 5.91 Å². The Hall–Kier alpha value is -1.43. The van der Waals surface area contributed by atoms with E-state index in [1.165, 1.54) is 11.3 Å². The number of hydrogen-bond donors (Lipinski definition) is 1. The van der Waals surface area contributed by atoms with E-state index in [4.69, 9.17) is 5.73 Å². The van der Waals surface area contributed by atoms with E-state index in [-0.39, 0.29) is 18.5 Å². The molecule has 0 unspecified atom stereocenters. The number of carbonyl (C=O) groups excluding carboxylic acids is 2. The molecular weight excluding hydrogens is 286 g/mol. The second-order valence-electron chi connectivity index (χ2n) is 5.61. The van der Waals surface area contributed by atoms with Gasteiger partial charge in [-0.1, -0.05) is 19.8 Å². The Balaban J connectivity index is 2.22. The average Bonchev–Trinajstić information content (AvgIpc) is 3.05. The monoisotopic (exact) mass is 309 g/mol. The highest BCUT2D eigenvalue weighted by atomic mass is 32.1. The Bertz CT molecular complexity index is 521. The first kappa shape index (κ1) is 15.9. The van der Waals surface area contributed by atoms with Crippen LogP contribution in [0.1, 0.15) is 59.4 Å². The van der Waals surface area contributed by atoms with Crippen molar-refractivity contribution in [2.75, 3.05) is 6.54 Å². The molecule has 21 heavy (non-hydrogen) atoms. The number of aryl methyl sites for hydroxylation is 2. The molecule has 0 atom stereocenters. The van der Waals surface area contributed by atoms with Gasteiger partial charge in [0.05, 0.1) is 17.2 Å². The fourth-order valence-electron chi connectivity index (χ4n) is 2.85. The van der Waals surface area contributed by atoms with Gasteiger partial charge >= 0.3 is 0 Å². The van der Waals surface area contributed by atoms with Gasteiger partial charge in [0.2, 0.25) is 5.91 Å². The van der Waals surface area contributed by atoms with Crippen molar-refractivity contribution in [2.45, 2.75) is 58.4 Å². The predicted octanol–water partition coefficient (Wildman–Crippen LogP) is 2.27. The fraction of sp³-hybridized carbons (Fsp3) is 0.667. The molecule has 0 aliphatic heterocycles. The van der Waals surface area contributed by atoms with Crippen LogP contribution in [0.5, 0.6) is 0 Å². The van der Waals surface area contributed by atoms with Crippen molar-refractivity contribution in [2.24, 2.45) is 5.73 Å². The van der Waals surface area contributed by atoms with Crippen LogP contribution >= 0.6 is 11.3 Å². The average molecular weight is 309 g/mol. The molecule has 2 N–H and O–H groups in total. The number of thiazole rings is 1. The zero-order valence-electron chi connectivity index (χ0n) is 12.7. The molecule has 0 bridgehead atoms. The molecule has 1 aromatic heterocycles. The maximum absolute atomic E-state index is 12.8. The summed E-state index contributed by atoms with van der Waals surface area (Å²) in [7, 11) is 0. The number of amides is 2. The second kappa shape index (κ2) is 7.02. The molecule has 1 saturated carbocycles. The molecule has 6 heteroatoms. The first-order chi connectivity index (χ1) is 10.0.